The third-order valence-electron chi connectivity index (χ3n) is 2.32. The van der Waals surface area contributed by atoms with Crippen LogP contribution in [0.3, 0.4) is 0 Å². The molecule has 90 valence electrons. The maximum atomic E-state index is 12.1. The number of rotatable bonds is 2. The predicted octanol–water partition coefficient (Wildman–Crippen LogP) is 3.23. The second kappa shape index (κ2) is 4.25. The van der Waals surface area contributed by atoms with Gasteiger partial charge in [0.2, 0.25) is 0 Å². The largest absolute Gasteiger partial charge is 0.573 e. The lowest BCUT2D eigenvalue weighted by Gasteiger charge is -2.11. The van der Waals surface area contributed by atoms with E-state index in [0.29, 0.717) is 16.3 Å². The Morgan fingerprint density at radius 2 is 1.82 bits per heavy atom. The molecule has 0 radical (unpaired) electrons. The lowest BCUT2D eigenvalue weighted by Crippen LogP contribution is -2.17. The zero-order chi connectivity index (χ0) is 12.5. The van der Waals surface area contributed by atoms with Crippen LogP contribution in [0, 0.1) is 0 Å². The minimum absolute atomic E-state index is 0.319. The van der Waals surface area contributed by atoms with Crippen LogP contribution >= 0.6 is 0 Å². The highest BCUT2D eigenvalue weighted by Gasteiger charge is 2.31. The number of benzene rings is 2. The van der Waals surface area contributed by atoms with Gasteiger partial charge in [0.05, 0.1) is 6.61 Å². The van der Waals surface area contributed by atoms with Crippen molar-refractivity contribution in [3.63, 3.8) is 0 Å². The Labute approximate surface area is 95.2 Å². The highest BCUT2D eigenvalue weighted by Crippen LogP contribution is 2.29. The summed E-state index contributed by atoms with van der Waals surface area (Å²) < 4.78 is 40.1. The van der Waals surface area contributed by atoms with E-state index in [1.165, 1.54) is 12.1 Å². The standard InChI is InChI=1S/C12H9F3O2/c13-12(14,15)17-10-5-8-3-1-2-4-11(8)9(6-10)7-16/h1-6,16H,7H2. The molecule has 0 atom stereocenters. The van der Waals surface area contributed by atoms with Crippen LogP contribution < -0.4 is 4.74 Å². The molecular weight excluding hydrogens is 233 g/mol. The van der Waals surface area contributed by atoms with Gasteiger partial charge in [-0.15, -0.1) is 13.2 Å². The van der Waals surface area contributed by atoms with Gasteiger partial charge in [0.1, 0.15) is 5.75 Å². The zero-order valence-electron chi connectivity index (χ0n) is 8.66. The highest BCUT2D eigenvalue weighted by atomic mass is 19.4. The summed E-state index contributed by atoms with van der Waals surface area (Å²) in [6.45, 7) is -0.338. The number of ether oxygens (including phenoxy) is 1. The molecule has 0 fully saturated rings. The summed E-state index contributed by atoms with van der Waals surface area (Å²) in [6.07, 6.45) is -4.73. The molecule has 17 heavy (non-hydrogen) atoms. The fourth-order valence-electron chi connectivity index (χ4n) is 1.68. The number of hydrogen-bond acceptors (Lipinski definition) is 2. The van der Waals surface area contributed by atoms with E-state index in [2.05, 4.69) is 4.74 Å². The SMILES string of the molecule is OCc1cc(OC(F)(F)F)cc2ccccc12. The fourth-order valence-corrected chi connectivity index (χ4v) is 1.68. The molecule has 2 rings (SSSR count). The summed E-state index contributed by atoms with van der Waals surface area (Å²) in [7, 11) is 0. The van der Waals surface area contributed by atoms with Crippen LogP contribution in [0.15, 0.2) is 36.4 Å². The normalized spacial score (nSPS) is 11.8. The summed E-state index contributed by atoms with van der Waals surface area (Å²) in [5.74, 6) is -0.319. The molecule has 0 saturated carbocycles. The molecule has 0 heterocycles. The molecule has 0 aliphatic carbocycles. The van der Waals surface area contributed by atoms with Gasteiger partial charge in [0.25, 0.3) is 0 Å². The smallest absolute Gasteiger partial charge is 0.406 e. The predicted molar refractivity (Wildman–Crippen MR) is 56.6 cm³/mol. The quantitative estimate of drug-likeness (QED) is 0.876. The Balaban J connectivity index is 2.53. The number of aliphatic hydroxyl groups excluding tert-OH is 1. The van der Waals surface area contributed by atoms with Crippen molar-refractivity contribution in [3.8, 4) is 5.75 Å². The van der Waals surface area contributed by atoms with E-state index in [4.69, 9.17) is 5.11 Å². The summed E-state index contributed by atoms with van der Waals surface area (Å²) >= 11 is 0. The van der Waals surface area contributed by atoms with Gasteiger partial charge in [-0.25, -0.2) is 0 Å². The van der Waals surface area contributed by atoms with Crippen LogP contribution in [0.1, 0.15) is 5.56 Å². The molecule has 2 nitrogen and oxygen atoms in total. The van der Waals surface area contributed by atoms with E-state index in [0.717, 1.165) is 0 Å². The van der Waals surface area contributed by atoms with Crippen LogP contribution in [0.25, 0.3) is 10.8 Å². The summed E-state index contributed by atoms with van der Waals surface area (Å²) in [5.41, 5.74) is 0.405. The van der Waals surface area contributed by atoms with Crippen molar-refractivity contribution >= 4 is 10.8 Å². The number of fused-ring (bicyclic) bond motifs is 1. The summed E-state index contributed by atoms with van der Waals surface area (Å²) in [6, 6.07) is 9.35. The summed E-state index contributed by atoms with van der Waals surface area (Å²) in [5, 5.41) is 10.4. The zero-order valence-corrected chi connectivity index (χ0v) is 8.66. The van der Waals surface area contributed by atoms with Crippen molar-refractivity contribution < 1.29 is 23.0 Å². The number of alkyl halides is 3. The minimum Gasteiger partial charge on any atom is -0.406 e. The lowest BCUT2D eigenvalue weighted by molar-refractivity contribution is -0.274. The maximum absolute atomic E-state index is 12.1. The van der Waals surface area contributed by atoms with Crippen molar-refractivity contribution in [2.45, 2.75) is 13.0 Å². The molecule has 2 aromatic rings. The molecule has 0 aliphatic rings. The van der Waals surface area contributed by atoms with Gasteiger partial charge >= 0.3 is 6.36 Å². The van der Waals surface area contributed by atoms with Crippen LogP contribution in [0.2, 0.25) is 0 Å². The number of halogens is 3. The second-order valence-electron chi connectivity index (χ2n) is 3.51. The molecule has 1 N–H and O–H groups in total. The molecule has 0 aromatic heterocycles. The molecule has 0 amide bonds. The molecule has 5 heteroatoms. The number of aliphatic hydroxyl groups is 1. The van der Waals surface area contributed by atoms with Crippen molar-refractivity contribution in [1.82, 2.24) is 0 Å². The third-order valence-corrected chi connectivity index (χ3v) is 2.32. The minimum atomic E-state index is -4.73. The molecule has 0 unspecified atom stereocenters. The van der Waals surface area contributed by atoms with Crippen LogP contribution in [0.4, 0.5) is 13.2 Å². The van der Waals surface area contributed by atoms with E-state index >= 15 is 0 Å². The fraction of sp³-hybridized carbons (Fsp3) is 0.167. The molecule has 0 aliphatic heterocycles. The van der Waals surface area contributed by atoms with Crippen molar-refractivity contribution in [3.05, 3.63) is 42.0 Å². The van der Waals surface area contributed by atoms with Gasteiger partial charge in [-0.2, -0.15) is 0 Å². The average Bonchev–Trinajstić information content (AvgIpc) is 2.25. The van der Waals surface area contributed by atoms with Gasteiger partial charge in [0, 0.05) is 0 Å². The monoisotopic (exact) mass is 242 g/mol. The first-order valence-corrected chi connectivity index (χ1v) is 4.88. The average molecular weight is 242 g/mol. The summed E-state index contributed by atoms with van der Waals surface area (Å²) in [4.78, 5) is 0. The van der Waals surface area contributed by atoms with Gasteiger partial charge in [-0.1, -0.05) is 24.3 Å². The van der Waals surface area contributed by atoms with E-state index in [1.807, 2.05) is 0 Å². The first-order valence-electron chi connectivity index (χ1n) is 4.88. The van der Waals surface area contributed by atoms with E-state index < -0.39 is 6.36 Å². The Morgan fingerprint density at radius 1 is 1.12 bits per heavy atom. The second-order valence-corrected chi connectivity index (χ2v) is 3.51. The Bertz CT molecular complexity index is 535. The van der Waals surface area contributed by atoms with Crippen molar-refractivity contribution in [2.75, 3.05) is 0 Å². The van der Waals surface area contributed by atoms with Crippen molar-refractivity contribution in [1.29, 1.82) is 0 Å². The van der Waals surface area contributed by atoms with Gasteiger partial charge in [-0.05, 0) is 28.5 Å². The number of hydrogen-bond donors (Lipinski definition) is 1. The molecular formula is C12H9F3O2. The molecule has 0 spiro atoms. The topological polar surface area (TPSA) is 29.5 Å². The van der Waals surface area contributed by atoms with E-state index in [9.17, 15) is 13.2 Å². The van der Waals surface area contributed by atoms with Crippen LogP contribution in [-0.4, -0.2) is 11.5 Å². The van der Waals surface area contributed by atoms with E-state index in [1.54, 1.807) is 24.3 Å². The van der Waals surface area contributed by atoms with E-state index in [-0.39, 0.29) is 12.4 Å². The van der Waals surface area contributed by atoms with Crippen LogP contribution in [-0.2, 0) is 6.61 Å². The lowest BCUT2D eigenvalue weighted by atomic mass is 10.0. The van der Waals surface area contributed by atoms with Crippen molar-refractivity contribution in [2.24, 2.45) is 0 Å². The molecule has 2 aromatic carbocycles. The first-order chi connectivity index (χ1) is 7.99. The Hall–Kier alpha value is -1.75. The third kappa shape index (κ3) is 2.68. The maximum Gasteiger partial charge on any atom is 0.573 e. The van der Waals surface area contributed by atoms with Gasteiger partial charge in [-0.3, -0.25) is 0 Å². The van der Waals surface area contributed by atoms with Gasteiger partial charge in [0.15, 0.2) is 0 Å². The molecule has 0 bridgehead atoms. The Morgan fingerprint density at radius 3 is 2.47 bits per heavy atom. The first kappa shape index (κ1) is 11.7. The van der Waals surface area contributed by atoms with Gasteiger partial charge < -0.3 is 9.84 Å². The molecule has 0 saturated heterocycles. The van der Waals surface area contributed by atoms with Crippen LogP contribution in [0.5, 0.6) is 5.75 Å². The highest BCUT2D eigenvalue weighted by molar-refractivity contribution is 5.87. The Kier molecular flexibility index (Phi) is 2.93.